The number of anilines is 3. The summed E-state index contributed by atoms with van der Waals surface area (Å²) in [6.45, 7) is 0. The maximum Gasteiger partial charge on any atom is 0.0541 e. The van der Waals surface area contributed by atoms with Gasteiger partial charge in [0.25, 0.3) is 0 Å². The van der Waals surface area contributed by atoms with Gasteiger partial charge >= 0.3 is 0 Å². The monoisotopic (exact) mass is 738 g/mol. The molecule has 0 spiro atoms. The second-order valence-corrected chi connectivity index (χ2v) is 15.0. The number of hydrogen-bond acceptors (Lipinski definition) is 1. The van der Waals surface area contributed by atoms with Crippen molar-refractivity contribution in [2.75, 3.05) is 4.90 Å². The van der Waals surface area contributed by atoms with Crippen LogP contribution in [0, 0.1) is 0 Å². The van der Waals surface area contributed by atoms with Crippen LogP contribution in [0.15, 0.2) is 231 Å². The van der Waals surface area contributed by atoms with Gasteiger partial charge in [-0.1, -0.05) is 170 Å². The van der Waals surface area contributed by atoms with Crippen molar-refractivity contribution in [3.63, 3.8) is 0 Å². The van der Waals surface area contributed by atoms with E-state index < -0.39 is 0 Å². The summed E-state index contributed by atoms with van der Waals surface area (Å²) in [5.74, 6) is 0. The second kappa shape index (κ2) is 14.1. The van der Waals surface area contributed by atoms with E-state index in [-0.39, 0.29) is 0 Å². The first kappa shape index (κ1) is 33.6. The van der Waals surface area contributed by atoms with Crippen molar-refractivity contribution in [1.82, 2.24) is 4.57 Å². The molecule has 0 fully saturated rings. The molecule has 0 aliphatic rings. The Balaban J connectivity index is 0.932. The van der Waals surface area contributed by atoms with Gasteiger partial charge in [-0.15, -0.1) is 0 Å². The molecule has 0 atom stereocenters. The standard InChI is InChI=1S/C56H38N2/c1-2-16-46(17-3-1)58-55-22-9-8-20-52(55)53-38-45(32-37-56(53)58)41-26-24-39(25-27-41)40-28-33-47(34-29-40)57(54-23-11-15-43-13-5-7-19-51(43)54)48-35-30-44(31-36-48)50-21-10-14-42-12-4-6-18-49(42)50/h1-38H. The van der Waals surface area contributed by atoms with Crippen molar-refractivity contribution in [2.45, 2.75) is 0 Å². The van der Waals surface area contributed by atoms with E-state index in [1.807, 2.05) is 0 Å². The van der Waals surface area contributed by atoms with Crippen molar-refractivity contribution < 1.29 is 0 Å². The highest BCUT2D eigenvalue weighted by Gasteiger charge is 2.17. The van der Waals surface area contributed by atoms with Gasteiger partial charge in [-0.2, -0.15) is 0 Å². The van der Waals surface area contributed by atoms with E-state index in [9.17, 15) is 0 Å². The lowest BCUT2D eigenvalue weighted by atomic mass is 9.97. The van der Waals surface area contributed by atoms with Crippen molar-refractivity contribution >= 4 is 60.4 Å². The average molecular weight is 739 g/mol. The quantitative estimate of drug-likeness (QED) is 0.158. The maximum absolute atomic E-state index is 2.38. The zero-order valence-corrected chi connectivity index (χ0v) is 31.8. The van der Waals surface area contributed by atoms with Crippen LogP contribution in [0.3, 0.4) is 0 Å². The number of aromatic nitrogens is 1. The van der Waals surface area contributed by atoms with E-state index >= 15 is 0 Å². The molecule has 10 aromatic carbocycles. The SMILES string of the molecule is c1ccc(-n2c3ccccc3c3cc(-c4ccc(-c5ccc(N(c6ccc(-c7cccc8ccccc78)cc6)c6cccc7ccccc67)cc5)cc4)ccc32)cc1. The molecule has 0 N–H and O–H groups in total. The summed E-state index contributed by atoms with van der Waals surface area (Å²) < 4.78 is 2.37. The van der Waals surface area contributed by atoms with Gasteiger partial charge in [0.15, 0.2) is 0 Å². The van der Waals surface area contributed by atoms with Gasteiger partial charge in [-0.3, -0.25) is 0 Å². The van der Waals surface area contributed by atoms with Gasteiger partial charge in [0, 0.05) is 33.2 Å². The van der Waals surface area contributed by atoms with Gasteiger partial charge in [-0.25, -0.2) is 0 Å². The van der Waals surface area contributed by atoms with Crippen LogP contribution in [0.5, 0.6) is 0 Å². The van der Waals surface area contributed by atoms with Crippen LogP contribution in [0.4, 0.5) is 17.1 Å². The molecule has 1 aromatic heterocycles. The zero-order chi connectivity index (χ0) is 38.4. The van der Waals surface area contributed by atoms with Crippen LogP contribution < -0.4 is 4.90 Å². The summed E-state index contributed by atoms with van der Waals surface area (Å²) in [4.78, 5) is 2.38. The predicted octanol–water partition coefficient (Wildman–Crippen LogP) is 15.6. The van der Waals surface area contributed by atoms with E-state index in [0.717, 1.165) is 17.1 Å². The molecule has 0 saturated carbocycles. The van der Waals surface area contributed by atoms with Gasteiger partial charge < -0.3 is 9.47 Å². The highest BCUT2D eigenvalue weighted by Crippen LogP contribution is 2.41. The highest BCUT2D eigenvalue weighted by molar-refractivity contribution is 6.10. The Hall–Kier alpha value is -7.68. The van der Waals surface area contributed by atoms with Gasteiger partial charge in [0.2, 0.25) is 0 Å². The molecule has 272 valence electrons. The Morgan fingerprint density at radius 3 is 1.48 bits per heavy atom. The Labute approximate surface area is 338 Å². The first-order valence-electron chi connectivity index (χ1n) is 19.9. The minimum atomic E-state index is 1.11. The van der Waals surface area contributed by atoms with Gasteiger partial charge in [0.1, 0.15) is 0 Å². The molecule has 0 radical (unpaired) electrons. The number of fused-ring (bicyclic) bond motifs is 5. The lowest BCUT2D eigenvalue weighted by Gasteiger charge is -2.27. The van der Waals surface area contributed by atoms with Crippen LogP contribution in [-0.4, -0.2) is 4.57 Å². The highest BCUT2D eigenvalue weighted by atomic mass is 15.1. The van der Waals surface area contributed by atoms with Gasteiger partial charge in [-0.05, 0) is 110 Å². The molecule has 0 amide bonds. The fraction of sp³-hybridized carbons (Fsp3) is 0. The molecule has 0 aliphatic carbocycles. The number of hydrogen-bond donors (Lipinski definition) is 0. The third kappa shape index (κ3) is 5.82. The van der Waals surface area contributed by atoms with Crippen molar-refractivity contribution in [1.29, 1.82) is 0 Å². The molecule has 0 unspecified atom stereocenters. The minimum Gasteiger partial charge on any atom is -0.310 e. The van der Waals surface area contributed by atoms with E-state index in [2.05, 4.69) is 240 Å². The molecular weight excluding hydrogens is 701 g/mol. The number of nitrogens with zero attached hydrogens (tertiary/aromatic N) is 2. The summed E-state index contributed by atoms with van der Waals surface area (Å²) >= 11 is 0. The van der Waals surface area contributed by atoms with Crippen LogP contribution in [-0.2, 0) is 0 Å². The Morgan fingerprint density at radius 2 is 0.776 bits per heavy atom. The topological polar surface area (TPSA) is 8.17 Å². The van der Waals surface area contributed by atoms with Crippen molar-refractivity contribution in [2.24, 2.45) is 0 Å². The number of benzene rings is 10. The second-order valence-electron chi connectivity index (χ2n) is 15.0. The molecule has 11 aromatic rings. The molecule has 0 bridgehead atoms. The molecule has 2 nitrogen and oxygen atoms in total. The Kier molecular flexibility index (Phi) is 8.19. The molecule has 58 heavy (non-hydrogen) atoms. The molecule has 2 heteroatoms. The molecule has 0 aliphatic heterocycles. The summed E-state index contributed by atoms with van der Waals surface area (Å²) in [5.41, 5.74) is 14.2. The molecule has 0 saturated heterocycles. The first-order chi connectivity index (χ1) is 28.8. The maximum atomic E-state index is 2.38. The Morgan fingerprint density at radius 1 is 0.293 bits per heavy atom. The fourth-order valence-corrected chi connectivity index (χ4v) is 8.76. The third-order valence-electron chi connectivity index (χ3n) is 11.6. The van der Waals surface area contributed by atoms with Crippen molar-refractivity contribution in [3.8, 4) is 39.1 Å². The molecular formula is C56H38N2. The van der Waals surface area contributed by atoms with Crippen LogP contribution in [0.2, 0.25) is 0 Å². The van der Waals surface area contributed by atoms with Crippen molar-refractivity contribution in [3.05, 3.63) is 231 Å². The zero-order valence-electron chi connectivity index (χ0n) is 31.8. The van der Waals surface area contributed by atoms with Crippen LogP contribution in [0.1, 0.15) is 0 Å². The van der Waals surface area contributed by atoms with E-state index in [1.54, 1.807) is 0 Å². The normalized spacial score (nSPS) is 11.4. The molecule has 11 rings (SSSR count). The first-order valence-corrected chi connectivity index (χ1v) is 19.9. The smallest absolute Gasteiger partial charge is 0.0541 e. The average Bonchev–Trinajstić information content (AvgIpc) is 3.63. The van der Waals surface area contributed by atoms with E-state index in [1.165, 1.54) is 82.4 Å². The summed E-state index contributed by atoms with van der Waals surface area (Å²) in [6, 6.07) is 83.6. The number of para-hydroxylation sites is 2. The van der Waals surface area contributed by atoms with E-state index in [4.69, 9.17) is 0 Å². The van der Waals surface area contributed by atoms with E-state index in [0.29, 0.717) is 0 Å². The summed E-state index contributed by atoms with van der Waals surface area (Å²) in [5, 5.41) is 7.47. The molecule has 1 heterocycles. The van der Waals surface area contributed by atoms with Crippen LogP contribution >= 0.6 is 0 Å². The lowest BCUT2D eigenvalue weighted by molar-refractivity contribution is 1.18. The van der Waals surface area contributed by atoms with Crippen LogP contribution in [0.25, 0.3) is 82.4 Å². The Bertz CT molecular complexity index is 3240. The minimum absolute atomic E-state index is 1.11. The predicted molar refractivity (Wildman–Crippen MR) is 247 cm³/mol. The lowest BCUT2D eigenvalue weighted by Crippen LogP contribution is -2.10. The number of rotatable bonds is 7. The van der Waals surface area contributed by atoms with Gasteiger partial charge in [0.05, 0.1) is 16.7 Å². The largest absolute Gasteiger partial charge is 0.310 e. The third-order valence-corrected chi connectivity index (χ3v) is 11.6. The fourth-order valence-electron chi connectivity index (χ4n) is 8.76. The summed E-state index contributed by atoms with van der Waals surface area (Å²) in [7, 11) is 0. The summed E-state index contributed by atoms with van der Waals surface area (Å²) in [6.07, 6.45) is 0.